The largest absolute Gasteiger partial charge is 0.455 e. The fraction of sp³-hybridized carbons (Fsp3) is 0.621. The van der Waals surface area contributed by atoms with E-state index in [9.17, 15) is 0 Å². The van der Waals surface area contributed by atoms with Crippen LogP contribution in [0.1, 0.15) is 230 Å². The summed E-state index contributed by atoms with van der Waals surface area (Å²) in [5.74, 6) is 0. The van der Waals surface area contributed by atoms with Gasteiger partial charge in [0.2, 0.25) is 0 Å². The molecular weight excluding hydrogens is 745 g/mol. The summed E-state index contributed by atoms with van der Waals surface area (Å²) in [7, 11) is 0. The number of fused-ring (bicyclic) bond motifs is 9. The van der Waals surface area contributed by atoms with Gasteiger partial charge >= 0.3 is 0 Å². The lowest BCUT2D eigenvalue weighted by Crippen LogP contribution is -1.87. The van der Waals surface area contributed by atoms with Crippen LogP contribution < -0.4 is 0 Å². The van der Waals surface area contributed by atoms with Crippen LogP contribution in [0.15, 0.2) is 65.1 Å². The first-order chi connectivity index (χ1) is 29.8. The molecule has 4 aromatic carbocycles. The zero-order valence-electron chi connectivity index (χ0n) is 38.6. The van der Waals surface area contributed by atoms with Gasteiger partial charge in [0.1, 0.15) is 11.2 Å². The van der Waals surface area contributed by atoms with Crippen molar-refractivity contribution in [3.63, 3.8) is 0 Å². The molecule has 0 N–H and O–H groups in total. The van der Waals surface area contributed by atoms with E-state index in [4.69, 9.17) is 4.42 Å². The fourth-order valence-electron chi connectivity index (χ4n) is 10.0. The number of hydrogen-bond acceptors (Lipinski definition) is 2. The molecule has 0 unspecified atom stereocenters. The first kappa shape index (κ1) is 46.7. The summed E-state index contributed by atoms with van der Waals surface area (Å²) in [4.78, 5) is 0. The SMILES string of the molecule is CCCCCCCCCCCCCCCCCCc1ccc2c(c1)oc1c2ccc2c1ccc1c3ccc(CCCCCCCCCCCCCCCCCC)cc3sc12. The van der Waals surface area contributed by atoms with Crippen molar-refractivity contribution >= 4 is 64.2 Å². The van der Waals surface area contributed by atoms with Gasteiger partial charge in [0, 0.05) is 41.7 Å². The predicted octanol–water partition coefficient (Wildman–Crippen LogP) is 20.7. The summed E-state index contributed by atoms with van der Waals surface area (Å²) in [6.07, 6.45) is 47.8. The van der Waals surface area contributed by atoms with E-state index >= 15 is 0 Å². The molecule has 6 rings (SSSR count). The van der Waals surface area contributed by atoms with Crippen molar-refractivity contribution in [2.24, 2.45) is 0 Å². The van der Waals surface area contributed by atoms with E-state index in [1.54, 1.807) is 0 Å². The predicted molar refractivity (Wildman–Crippen MR) is 271 cm³/mol. The number of aryl methyl sites for hydroxylation is 2. The van der Waals surface area contributed by atoms with Crippen LogP contribution in [0.3, 0.4) is 0 Å². The van der Waals surface area contributed by atoms with Gasteiger partial charge in [-0.15, -0.1) is 11.3 Å². The summed E-state index contributed by atoms with van der Waals surface area (Å²) < 4.78 is 9.53. The van der Waals surface area contributed by atoms with Gasteiger partial charge in [0.05, 0.1) is 0 Å². The second-order valence-corrected chi connectivity index (χ2v) is 20.0. The Kier molecular flexibility index (Phi) is 21.2. The molecule has 0 aliphatic carbocycles. The second-order valence-electron chi connectivity index (χ2n) is 19.0. The molecule has 1 nitrogen and oxygen atoms in total. The lowest BCUT2D eigenvalue weighted by molar-refractivity contribution is 0.529. The molecule has 6 aromatic rings. The Morgan fingerprint density at radius 3 is 1.12 bits per heavy atom. The van der Waals surface area contributed by atoms with Crippen LogP contribution in [0.25, 0.3) is 52.9 Å². The summed E-state index contributed by atoms with van der Waals surface area (Å²) in [5.41, 5.74) is 5.00. The Hall–Kier alpha value is -2.84. The van der Waals surface area contributed by atoms with Gasteiger partial charge in [-0.05, 0) is 61.1 Å². The third-order valence-electron chi connectivity index (χ3n) is 13.8. The molecule has 2 heteroatoms. The van der Waals surface area contributed by atoms with Gasteiger partial charge in [0.25, 0.3) is 0 Å². The van der Waals surface area contributed by atoms with E-state index in [-0.39, 0.29) is 0 Å². The first-order valence-corrected chi connectivity index (χ1v) is 26.8. The highest BCUT2D eigenvalue weighted by Crippen LogP contribution is 2.42. The minimum absolute atomic E-state index is 1.04. The zero-order chi connectivity index (χ0) is 41.5. The number of furan rings is 1. The van der Waals surface area contributed by atoms with Gasteiger partial charge < -0.3 is 4.42 Å². The van der Waals surface area contributed by atoms with Crippen molar-refractivity contribution in [1.29, 1.82) is 0 Å². The molecule has 2 aromatic heterocycles. The molecule has 0 atom stereocenters. The zero-order valence-corrected chi connectivity index (χ0v) is 39.4. The Labute approximate surface area is 370 Å². The number of unbranched alkanes of at least 4 members (excludes halogenated alkanes) is 30. The second kappa shape index (κ2) is 27.3. The quantitative estimate of drug-likeness (QED) is 0.0369. The van der Waals surface area contributed by atoms with E-state index in [1.807, 2.05) is 11.3 Å². The Bertz CT molecular complexity index is 1930. The molecule has 0 aliphatic rings. The Balaban J connectivity index is 0.896. The number of benzene rings is 4. The highest BCUT2D eigenvalue weighted by molar-refractivity contribution is 7.26. The maximum atomic E-state index is 6.71. The molecule has 0 spiro atoms. The van der Waals surface area contributed by atoms with Crippen LogP contribution in [0.5, 0.6) is 0 Å². The summed E-state index contributed by atoms with van der Waals surface area (Å²) in [6.45, 7) is 4.61. The maximum absolute atomic E-state index is 6.71. The third-order valence-corrected chi connectivity index (χ3v) is 15.0. The van der Waals surface area contributed by atoms with Crippen LogP contribution in [0.4, 0.5) is 0 Å². The molecule has 0 aliphatic heterocycles. The summed E-state index contributed by atoms with van der Waals surface area (Å²) in [5, 5.41) is 7.85. The summed E-state index contributed by atoms with van der Waals surface area (Å²) >= 11 is 1.97. The van der Waals surface area contributed by atoms with Crippen molar-refractivity contribution in [3.8, 4) is 0 Å². The lowest BCUT2D eigenvalue weighted by Gasteiger charge is -2.04. The van der Waals surface area contributed by atoms with E-state index in [0.29, 0.717) is 0 Å². The molecule has 0 amide bonds. The maximum Gasteiger partial charge on any atom is 0.143 e. The van der Waals surface area contributed by atoms with Gasteiger partial charge in [-0.2, -0.15) is 0 Å². The standard InChI is InChI=1S/C58H84OS/c1-3-5-7-9-11-13-15-17-19-21-23-25-27-29-31-33-35-47-37-39-49-51-41-44-54-52(57(51)59-55(49)45-47)42-43-53-50-40-38-48(46-56(50)60-58(53)54)36-34-32-30-28-26-24-22-20-18-16-14-12-10-8-6-4-2/h37-46H,3-36H2,1-2H3. The van der Waals surface area contributed by atoms with Crippen molar-refractivity contribution in [3.05, 3.63) is 71.8 Å². The average Bonchev–Trinajstić information content (AvgIpc) is 3.84. The molecule has 0 radical (unpaired) electrons. The Morgan fingerprint density at radius 2 is 0.667 bits per heavy atom. The van der Waals surface area contributed by atoms with Crippen molar-refractivity contribution in [2.45, 2.75) is 232 Å². The fourth-order valence-corrected chi connectivity index (χ4v) is 11.3. The van der Waals surface area contributed by atoms with E-state index in [2.05, 4.69) is 74.5 Å². The highest BCUT2D eigenvalue weighted by Gasteiger charge is 2.15. The third kappa shape index (κ3) is 14.6. The minimum Gasteiger partial charge on any atom is -0.455 e. The van der Waals surface area contributed by atoms with E-state index < -0.39 is 0 Å². The van der Waals surface area contributed by atoms with Crippen LogP contribution >= 0.6 is 11.3 Å². The van der Waals surface area contributed by atoms with Crippen LogP contribution in [-0.2, 0) is 12.8 Å². The molecule has 0 bridgehead atoms. The Morgan fingerprint density at radius 1 is 0.333 bits per heavy atom. The van der Waals surface area contributed by atoms with Crippen molar-refractivity contribution < 1.29 is 4.42 Å². The minimum atomic E-state index is 1.04. The van der Waals surface area contributed by atoms with Crippen LogP contribution in [0, 0.1) is 0 Å². The molecule has 2 heterocycles. The lowest BCUT2D eigenvalue weighted by atomic mass is 10.0. The normalized spacial score (nSPS) is 12.1. The topological polar surface area (TPSA) is 13.1 Å². The van der Waals surface area contributed by atoms with Crippen LogP contribution in [-0.4, -0.2) is 0 Å². The van der Waals surface area contributed by atoms with Gasteiger partial charge in [0.15, 0.2) is 0 Å². The van der Waals surface area contributed by atoms with Gasteiger partial charge in [-0.25, -0.2) is 0 Å². The monoisotopic (exact) mass is 829 g/mol. The molecule has 0 saturated heterocycles. The van der Waals surface area contributed by atoms with E-state index in [1.165, 1.54) is 265 Å². The van der Waals surface area contributed by atoms with Gasteiger partial charge in [-0.1, -0.05) is 243 Å². The number of hydrogen-bond donors (Lipinski definition) is 0. The molecule has 328 valence electrons. The molecule has 0 saturated carbocycles. The van der Waals surface area contributed by atoms with Crippen molar-refractivity contribution in [2.75, 3.05) is 0 Å². The highest BCUT2D eigenvalue weighted by atomic mass is 32.1. The average molecular weight is 829 g/mol. The summed E-state index contributed by atoms with van der Waals surface area (Å²) in [6, 6.07) is 23.6. The first-order valence-electron chi connectivity index (χ1n) is 26.0. The van der Waals surface area contributed by atoms with Gasteiger partial charge in [-0.3, -0.25) is 0 Å². The number of rotatable bonds is 34. The molecule has 0 fully saturated rings. The van der Waals surface area contributed by atoms with Crippen LogP contribution in [0.2, 0.25) is 0 Å². The molecule has 60 heavy (non-hydrogen) atoms. The number of thiophene rings is 1. The molecular formula is C58H84OS. The van der Waals surface area contributed by atoms with E-state index in [0.717, 1.165) is 17.6 Å². The van der Waals surface area contributed by atoms with Crippen molar-refractivity contribution in [1.82, 2.24) is 0 Å². The smallest absolute Gasteiger partial charge is 0.143 e.